The lowest BCUT2D eigenvalue weighted by molar-refractivity contribution is 0.910. The summed E-state index contributed by atoms with van der Waals surface area (Å²) in [5.41, 5.74) is 0. The van der Waals surface area contributed by atoms with Gasteiger partial charge in [0.2, 0.25) is 0 Å². The highest BCUT2D eigenvalue weighted by atomic mass is 32.2. The molecule has 0 fully saturated rings. The molecule has 0 aromatic carbocycles. The molecule has 0 spiro atoms. The van der Waals surface area contributed by atoms with Gasteiger partial charge in [-0.05, 0) is 12.8 Å². The molecule has 1 N–H and O–H groups in total. The van der Waals surface area contributed by atoms with Crippen LogP contribution in [-0.2, 0) is 0 Å². The van der Waals surface area contributed by atoms with Gasteiger partial charge in [0.25, 0.3) is 0 Å². The van der Waals surface area contributed by atoms with E-state index in [0.29, 0.717) is 0 Å². The van der Waals surface area contributed by atoms with E-state index in [0.717, 1.165) is 18.1 Å². The molecule has 2 rings (SSSR count). The number of hydrogen-bond donors (Lipinski definition) is 1. The average molecular weight is 140 g/mol. The Morgan fingerprint density at radius 3 is 3.56 bits per heavy atom. The first-order valence-electron chi connectivity index (χ1n) is 3.09. The monoisotopic (exact) mass is 140 g/mol. The standard InChI is InChI=1S/C6H8N2S/c1-2-5-6(7-3-1)8-4-9-5/h3,8H,1-2,4H2. The van der Waals surface area contributed by atoms with Gasteiger partial charge in [-0.2, -0.15) is 0 Å². The van der Waals surface area contributed by atoms with Gasteiger partial charge < -0.3 is 5.32 Å². The predicted molar refractivity (Wildman–Crippen MR) is 40.3 cm³/mol. The molecule has 2 aliphatic rings. The van der Waals surface area contributed by atoms with Crippen molar-refractivity contribution in [1.29, 1.82) is 0 Å². The summed E-state index contributed by atoms with van der Waals surface area (Å²) in [6.45, 7) is 0. The van der Waals surface area contributed by atoms with Crippen LogP contribution in [0, 0.1) is 0 Å². The first kappa shape index (κ1) is 5.35. The molecule has 0 saturated heterocycles. The van der Waals surface area contributed by atoms with Crippen molar-refractivity contribution in [3.63, 3.8) is 0 Å². The lowest BCUT2D eigenvalue weighted by atomic mass is 10.3. The Balaban J connectivity index is 2.28. The fourth-order valence-corrected chi connectivity index (χ4v) is 1.93. The molecular weight excluding hydrogens is 132 g/mol. The zero-order valence-corrected chi connectivity index (χ0v) is 5.87. The topological polar surface area (TPSA) is 24.4 Å². The number of nitrogens with one attached hydrogen (secondary N) is 1. The summed E-state index contributed by atoms with van der Waals surface area (Å²) in [7, 11) is 0. The second-order valence-electron chi connectivity index (χ2n) is 2.09. The van der Waals surface area contributed by atoms with Crippen LogP contribution in [0.3, 0.4) is 0 Å². The van der Waals surface area contributed by atoms with E-state index in [1.165, 1.54) is 11.3 Å². The van der Waals surface area contributed by atoms with Crippen LogP contribution in [0.15, 0.2) is 15.7 Å². The number of thioether (sulfide) groups is 1. The van der Waals surface area contributed by atoms with Gasteiger partial charge in [-0.1, -0.05) is 0 Å². The third-order valence-corrected chi connectivity index (χ3v) is 2.51. The van der Waals surface area contributed by atoms with E-state index in [-0.39, 0.29) is 0 Å². The Kier molecular flexibility index (Phi) is 1.23. The lowest BCUT2D eigenvalue weighted by Gasteiger charge is -2.03. The Hall–Kier alpha value is -0.440. The molecular formula is C6H8N2S. The molecule has 0 aromatic rings. The third-order valence-electron chi connectivity index (χ3n) is 1.47. The van der Waals surface area contributed by atoms with Crippen molar-refractivity contribution in [3.8, 4) is 0 Å². The van der Waals surface area contributed by atoms with Gasteiger partial charge in [-0.25, -0.2) is 4.99 Å². The number of nitrogens with zero attached hydrogens (tertiary/aromatic N) is 1. The molecule has 0 saturated carbocycles. The number of allylic oxidation sites excluding steroid dienone is 1. The van der Waals surface area contributed by atoms with E-state index in [2.05, 4.69) is 10.3 Å². The molecule has 0 radical (unpaired) electrons. The summed E-state index contributed by atoms with van der Waals surface area (Å²) < 4.78 is 0. The van der Waals surface area contributed by atoms with Crippen LogP contribution in [0.5, 0.6) is 0 Å². The van der Waals surface area contributed by atoms with E-state index >= 15 is 0 Å². The van der Waals surface area contributed by atoms with Gasteiger partial charge >= 0.3 is 0 Å². The molecule has 0 atom stereocenters. The van der Waals surface area contributed by atoms with E-state index in [4.69, 9.17) is 0 Å². The van der Waals surface area contributed by atoms with Crippen LogP contribution in [0.1, 0.15) is 12.8 Å². The van der Waals surface area contributed by atoms with Gasteiger partial charge in [0.15, 0.2) is 0 Å². The molecule has 48 valence electrons. The summed E-state index contributed by atoms with van der Waals surface area (Å²) in [5, 5.41) is 3.20. The van der Waals surface area contributed by atoms with Crippen molar-refractivity contribution in [2.75, 3.05) is 5.88 Å². The Bertz CT molecular complexity index is 183. The van der Waals surface area contributed by atoms with E-state index in [9.17, 15) is 0 Å². The van der Waals surface area contributed by atoms with Crippen molar-refractivity contribution in [2.45, 2.75) is 12.8 Å². The second kappa shape index (κ2) is 2.06. The maximum atomic E-state index is 4.21. The van der Waals surface area contributed by atoms with Crippen molar-refractivity contribution in [3.05, 3.63) is 10.7 Å². The minimum atomic E-state index is 1.02. The summed E-state index contributed by atoms with van der Waals surface area (Å²) in [5.74, 6) is 2.13. The van der Waals surface area contributed by atoms with Gasteiger partial charge in [-0.3, -0.25) is 0 Å². The zero-order valence-electron chi connectivity index (χ0n) is 5.05. The summed E-state index contributed by atoms with van der Waals surface area (Å²) in [6.07, 6.45) is 4.29. The molecule has 2 aliphatic heterocycles. The van der Waals surface area contributed by atoms with E-state index < -0.39 is 0 Å². The molecule has 2 heterocycles. The highest BCUT2D eigenvalue weighted by Gasteiger charge is 2.14. The van der Waals surface area contributed by atoms with Crippen molar-refractivity contribution in [1.82, 2.24) is 5.32 Å². The Morgan fingerprint density at radius 2 is 2.67 bits per heavy atom. The first-order chi connectivity index (χ1) is 4.47. The van der Waals surface area contributed by atoms with Crippen LogP contribution < -0.4 is 5.32 Å². The summed E-state index contributed by atoms with van der Waals surface area (Å²) in [6, 6.07) is 0. The highest BCUT2D eigenvalue weighted by molar-refractivity contribution is 8.03. The zero-order chi connectivity index (χ0) is 6.10. The number of hydrogen-bond acceptors (Lipinski definition) is 3. The maximum absolute atomic E-state index is 4.21. The first-order valence-corrected chi connectivity index (χ1v) is 4.08. The largest absolute Gasteiger partial charge is 0.360 e. The van der Waals surface area contributed by atoms with Crippen molar-refractivity contribution in [2.24, 2.45) is 4.99 Å². The predicted octanol–water partition coefficient (Wildman–Crippen LogP) is 1.31. The molecule has 9 heavy (non-hydrogen) atoms. The van der Waals surface area contributed by atoms with Gasteiger partial charge in [-0.15, -0.1) is 11.8 Å². The van der Waals surface area contributed by atoms with Crippen molar-refractivity contribution >= 4 is 18.0 Å². The normalized spacial score (nSPS) is 24.0. The van der Waals surface area contributed by atoms with Crippen LogP contribution in [0.2, 0.25) is 0 Å². The molecule has 0 aromatic heterocycles. The second-order valence-corrected chi connectivity index (χ2v) is 3.16. The van der Waals surface area contributed by atoms with Crippen LogP contribution in [-0.4, -0.2) is 12.1 Å². The fraction of sp³-hybridized carbons (Fsp3) is 0.500. The third kappa shape index (κ3) is 0.852. The smallest absolute Gasteiger partial charge is 0.135 e. The lowest BCUT2D eigenvalue weighted by Crippen LogP contribution is -2.05. The van der Waals surface area contributed by atoms with Gasteiger partial charge in [0, 0.05) is 11.1 Å². The summed E-state index contributed by atoms with van der Waals surface area (Å²) in [4.78, 5) is 5.66. The Labute approximate surface area is 58.4 Å². The van der Waals surface area contributed by atoms with Gasteiger partial charge in [0.1, 0.15) is 5.82 Å². The summed E-state index contributed by atoms with van der Waals surface area (Å²) >= 11 is 1.88. The molecule has 3 heteroatoms. The van der Waals surface area contributed by atoms with Crippen LogP contribution >= 0.6 is 11.8 Å². The van der Waals surface area contributed by atoms with Gasteiger partial charge in [0.05, 0.1) is 5.88 Å². The average Bonchev–Trinajstić information content (AvgIpc) is 2.33. The minimum absolute atomic E-state index is 1.02. The minimum Gasteiger partial charge on any atom is -0.360 e. The highest BCUT2D eigenvalue weighted by Crippen LogP contribution is 2.30. The number of rotatable bonds is 0. The van der Waals surface area contributed by atoms with Crippen LogP contribution in [0.4, 0.5) is 0 Å². The molecule has 2 nitrogen and oxygen atoms in total. The Morgan fingerprint density at radius 1 is 1.67 bits per heavy atom. The number of aliphatic imine (C=N–C) groups is 1. The molecule has 0 amide bonds. The molecule has 0 bridgehead atoms. The SMILES string of the molecule is C1=NC2=C(CC1)SCN2. The quantitative estimate of drug-likeness (QED) is 0.548. The molecule has 0 aliphatic carbocycles. The van der Waals surface area contributed by atoms with E-state index in [1.54, 1.807) is 0 Å². The fourth-order valence-electron chi connectivity index (χ4n) is 1.02. The van der Waals surface area contributed by atoms with Crippen LogP contribution in [0.25, 0.3) is 0 Å². The maximum Gasteiger partial charge on any atom is 0.135 e. The molecule has 0 unspecified atom stereocenters. The van der Waals surface area contributed by atoms with Crippen molar-refractivity contribution < 1.29 is 0 Å². The van der Waals surface area contributed by atoms with E-state index in [1.807, 2.05) is 18.0 Å².